The van der Waals surface area contributed by atoms with E-state index in [0.717, 1.165) is 47.2 Å². The van der Waals surface area contributed by atoms with Crippen LogP contribution in [0.3, 0.4) is 0 Å². The molecule has 0 aliphatic carbocycles. The Morgan fingerprint density at radius 3 is 2.26 bits per heavy atom. The van der Waals surface area contributed by atoms with Gasteiger partial charge in [-0.05, 0) is 53.6 Å². The first-order valence-electron chi connectivity index (χ1n) is 13.2. The molecule has 0 saturated heterocycles. The molecule has 0 unspecified atom stereocenters. The summed E-state index contributed by atoms with van der Waals surface area (Å²) in [7, 11) is 0. The second kappa shape index (κ2) is 12.7. The van der Waals surface area contributed by atoms with Crippen molar-refractivity contribution in [2.45, 2.75) is 44.4 Å². The van der Waals surface area contributed by atoms with Crippen LogP contribution in [0.15, 0.2) is 109 Å². The molecule has 0 spiro atoms. The van der Waals surface area contributed by atoms with Crippen LogP contribution in [-0.4, -0.2) is 12.1 Å². The van der Waals surface area contributed by atoms with Crippen LogP contribution in [-0.2, 0) is 24.2 Å². The number of alkyl carbamates (subject to hydrolysis) is 1. The van der Waals surface area contributed by atoms with E-state index in [0.29, 0.717) is 6.42 Å². The number of anilines is 1. The molecule has 0 radical (unpaired) electrons. The first-order valence-corrected chi connectivity index (χ1v) is 13.2. The van der Waals surface area contributed by atoms with Crippen LogP contribution < -0.4 is 10.6 Å². The van der Waals surface area contributed by atoms with Gasteiger partial charge in [-0.15, -0.1) is 0 Å². The molecule has 1 aliphatic heterocycles. The fourth-order valence-electron chi connectivity index (χ4n) is 4.89. The van der Waals surface area contributed by atoms with Crippen LogP contribution in [0.1, 0.15) is 46.7 Å². The molecule has 38 heavy (non-hydrogen) atoms. The Kier molecular flexibility index (Phi) is 8.38. The van der Waals surface area contributed by atoms with Crippen molar-refractivity contribution in [3.8, 4) is 11.8 Å². The summed E-state index contributed by atoms with van der Waals surface area (Å²) in [5, 5.41) is 6.93. The molecule has 1 aliphatic rings. The molecule has 1 amide bonds. The van der Waals surface area contributed by atoms with Gasteiger partial charge in [-0.3, -0.25) is 0 Å². The second-order valence-corrected chi connectivity index (χ2v) is 9.59. The lowest BCUT2D eigenvalue weighted by Crippen LogP contribution is -2.38. The molecule has 4 aromatic rings. The SMILES string of the molecule is O=C(N[C@H]1C[C@@H](CCc2ccccc2)Nc2c(CC#Cc3ccccc3)cccc21)OCc1ccccc1. The summed E-state index contributed by atoms with van der Waals surface area (Å²) in [6, 6.07) is 36.6. The Balaban J connectivity index is 1.33. The molecule has 4 aromatic carbocycles. The zero-order chi connectivity index (χ0) is 26.0. The van der Waals surface area contributed by atoms with Crippen molar-refractivity contribution in [3.05, 3.63) is 137 Å². The number of nitrogens with one attached hydrogen (secondary N) is 2. The van der Waals surface area contributed by atoms with E-state index in [1.54, 1.807) is 0 Å². The van der Waals surface area contributed by atoms with E-state index < -0.39 is 6.09 Å². The molecule has 190 valence electrons. The van der Waals surface area contributed by atoms with E-state index >= 15 is 0 Å². The third-order valence-electron chi connectivity index (χ3n) is 6.84. The van der Waals surface area contributed by atoms with Crippen molar-refractivity contribution >= 4 is 11.8 Å². The van der Waals surface area contributed by atoms with Gasteiger partial charge in [0.05, 0.1) is 6.04 Å². The number of fused-ring (bicyclic) bond motifs is 1. The van der Waals surface area contributed by atoms with Gasteiger partial charge in [0.2, 0.25) is 0 Å². The standard InChI is InChI=1S/C34H32N2O2/c37-34(38-25-28-16-8-3-9-17-28)36-32-24-30(23-22-27-14-6-2-7-15-27)35-33-29(20-11-21-31(32)33)19-10-18-26-12-4-1-5-13-26/h1-9,11-17,20-21,30,32,35H,19,22-25H2,(H,36,37)/t30-,32+/m1/s1. The number of aryl methyl sites for hydroxylation is 1. The molecule has 0 aromatic heterocycles. The minimum Gasteiger partial charge on any atom is -0.445 e. The van der Waals surface area contributed by atoms with Gasteiger partial charge in [-0.1, -0.05) is 109 Å². The second-order valence-electron chi connectivity index (χ2n) is 9.59. The average molecular weight is 501 g/mol. The fourth-order valence-corrected chi connectivity index (χ4v) is 4.89. The number of benzene rings is 4. The van der Waals surface area contributed by atoms with E-state index in [9.17, 15) is 4.79 Å². The van der Waals surface area contributed by atoms with Gasteiger partial charge in [0.25, 0.3) is 0 Å². The molecule has 2 N–H and O–H groups in total. The summed E-state index contributed by atoms with van der Waals surface area (Å²) < 4.78 is 5.56. The Morgan fingerprint density at radius 2 is 1.53 bits per heavy atom. The van der Waals surface area contributed by atoms with E-state index in [-0.39, 0.29) is 18.7 Å². The van der Waals surface area contributed by atoms with Crippen molar-refractivity contribution in [3.63, 3.8) is 0 Å². The van der Waals surface area contributed by atoms with Crippen molar-refractivity contribution in [2.75, 3.05) is 5.32 Å². The van der Waals surface area contributed by atoms with E-state index in [1.807, 2.05) is 72.8 Å². The van der Waals surface area contributed by atoms with Crippen LogP contribution in [0.25, 0.3) is 0 Å². The summed E-state index contributed by atoms with van der Waals surface area (Å²) in [4.78, 5) is 12.8. The van der Waals surface area contributed by atoms with Gasteiger partial charge >= 0.3 is 6.09 Å². The van der Waals surface area contributed by atoms with Gasteiger partial charge < -0.3 is 15.4 Å². The lowest BCUT2D eigenvalue weighted by Gasteiger charge is -2.35. The maximum Gasteiger partial charge on any atom is 0.407 e. The van der Waals surface area contributed by atoms with Gasteiger partial charge in [0, 0.05) is 23.7 Å². The Hall–Kier alpha value is -4.49. The van der Waals surface area contributed by atoms with E-state index in [2.05, 4.69) is 58.9 Å². The van der Waals surface area contributed by atoms with Crippen LogP contribution >= 0.6 is 0 Å². The molecular formula is C34H32N2O2. The number of para-hydroxylation sites is 1. The van der Waals surface area contributed by atoms with Crippen molar-refractivity contribution < 1.29 is 9.53 Å². The minimum atomic E-state index is -0.400. The lowest BCUT2D eigenvalue weighted by atomic mass is 9.88. The van der Waals surface area contributed by atoms with Gasteiger partial charge in [0.1, 0.15) is 6.61 Å². The highest BCUT2D eigenvalue weighted by Gasteiger charge is 2.29. The predicted octanol–water partition coefficient (Wildman–Crippen LogP) is 7.07. The third-order valence-corrected chi connectivity index (χ3v) is 6.84. The molecule has 2 atom stereocenters. The summed E-state index contributed by atoms with van der Waals surface area (Å²) in [6.07, 6.45) is 2.95. The smallest absolute Gasteiger partial charge is 0.407 e. The van der Waals surface area contributed by atoms with E-state index in [1.165, 1.54) is 5.56 Å². The van der Waals surface area contributed by atoms with Crippen molar-refractivity contribution in [1.82, 2.24) is 5.32 Å². The maximum atomic E-state index is 12.8. The van der Waals surface area contributed by atoms with Gasteiger partial charge in [-0.2, -0.15) is 0 Å². The zero-order valence-corrected chi connectivity index (χ0v) is 21.4. The Morgan fingerprint density at radius 1 is 0.842 bits per heavy atom. The average Bonchev–Trinajstić information content (AvgIpc) is 2.97. The molecule has 1 heterocycles. The van der Waals surface area contributed by atoms with Crippen LogP contribution in [0.5, 0.6) is 0 Å². The number of rotatable bonds is 7. The number of hydrogen-bond acceptors (Lipinski definition) is 3. The predicted molar refractivity (Wildman–Crippen MR) is 153 cm³/mol. The number of amides is 1. The molecule has 5 rings (SSSR count). The minimum absolute atomic E-state index is 0.141. The third kappa shape index (κ3) is 6.83. The maximum absolute atomic E-state index is 12.8. The van der Waals surface area contributed by atoms with Gasteiger partial charge in [-0.25, -0.2) is 4.79 Å². The highest BCUT2D eigenvalue weighted by Crippen LogP contribution is 2.36. The molecule has 0 saturated carbocycles. The molecule has 4 heteroatoms. The summed E-state index contributed by atoms with van der Waals surface area (Å²) in [6.45, 7) is 0.247. The largest absolute Gasteiger partial charge is 0.445 e. The van der Waals surface area contributed by atoms with E-state index in [4.69, 9.17) is 4.74 Å². The fraction of sp³-hybridized carbons (Fsp3) is 0.206. The zero-order valence-electron chi connectivity index (χ0n) is 21.4. The summed E-state index contributed by atoms with van der Waals surface area (Å²) >= 11 is 0. The van der Waals surface area contributed by atoms with Crippen LogP contribution in [0.2, 0.25) is 0 Å². The molecular weight excluding hydrogens is 468 g/mol. The lowest BCUT2D eigenvalue weighted by molar-refractivity contribution is 0.134. The highest BCUT2D eigenvalue weighted by atomic mass is 16.5. The molecule has 4 nitrogen and oxygen atoms in total. The normalized spacial score (nSPS) is 15.8. The van der Waals surface area contributed by atoms with Gasteiger partial charge in [0.15, 0.2) is 0 Å². The highest BCUT2D eigenvalue weighted by molar-refractivity contribution is 5.70. The number of carbonyl (C=O) groups is 1. The van der Waals surface area contributed by atoms with Crippen LogP contribution in [0, 0.1) is 11.8 Å². The monoisotopic (exact) mass is 500 g/mol. The Labute approximate surface area is 225 Å². The number of ether oxygens (including phenoxy) is 1. The molecule has 0 bridgehead atoms. The van der Waals surface area contributed by atoms with Crippen molar-refractivity contribution in [2.24, 2.45) is 0 Å². The first kappa shape index (κ1) is 25.2. The summed E-state index contributed by atoms with van der Waals surface area (Å²) in [5.74, 6) is 6.60. The topological polar surface area (TPSA) is 50.4 Å². The molecule has 0 fully saturated rings. The number of carbonyl (C=O) groups excluding carboxylic acids is 1. The first-order chi connectivity index (χ1) is 18.7. The quantitative estimate of drug-likeness (QED) is 0.267. The number of hydrogen-bond donors (Lipinski definition) is 2. The van der Waals surface area contributed by atoms with Crippen LogP contribution in [0.4, 0.5) is 10.5 Å². The summed E-state index contributed by atoms with van der Waals surface area (Å²) in [5.41, 5.74) is 6.58. The van der Waals surface area contributed by atoms with Crippen molar-refractivity contribution in [1.29, 1.82) is 0 Å². The Bertz CT molecular complexity index is 1390.